The number of amides is 3. The van der Waals surface area contributed by atoms with Crippen LogP contribution in [-0.4, -0.2) is 23.3 Å². The molecule has 0 aliphatic rings. The van der Waals surface area contributed by atoms with E-state index in [9.17, 15) is 22.8 Å². The van der Waals surface area contributed by atoms with Gasteiger partial charge in [0.05, 0.1) is 0 Å². The van der Waals surface area contributed by atoms with Gasteiger partial charge < -0.3 is 15.0 Å². The zero-order valence-electron chi connectivity index (χ0n) is 13.9. The summed E-state index contributed by atoms with van der Waals surface area (Å²) < 4.78 is 40.7. The molecular formula is C17H12ClF3N4O3. The summed E-state index contributed by atoms with van der Waals surface area (Å²) in [4.78, 5) is 26.6. The molecule has 28 heavy (non-hydrogen) atoms. The van der Waals surface area contributed by atoms with Gasteiger partial charge >= 0.3 is 12.4 Å². The summed E-state index contributed by atoms with van der Waals surface area (Å²) in [5.41, 5.74) is 5.24. The molecule has 3 aromatic rings. The Morgan fingerprint density at radius 3 is 2.39 bits per heavy atom. The molecule has 0 unspecified atom stereocenters. The lowest BCUT2D eigenvalue weighted by molar-refractivity contribution is -0.274. The summed E-state index contributed by atoms with van der Waals surface area (Å²) in [5.74, 6) is -1.10. The molecule has 0 aliphatic heterocycles. The quantitative estimate of drug-likeness (QED) is 0.486. The van der Waals surface area contributed by atoms with E-state index in [0.29, 0.717) is 21.6 Å². The Morgan fingerprint density at radius 2 is 1.71 bits per heavy atom. The van der Waals surface area contributed by atoms with Gasteiger partial charge in [-0.3, -0.25) is 10.2 Å². The number of aromatic nitrogens is 1. The maximum atomic E-state index is 12.3. The molecule has 2 aromatic carbocycles. The van der Waals surface area contributed by atoms with Crippen LogP contribution in [0.1, 0.15) is 10.5 Å². The molecule has 146 valence electrons. The lowest BCUT2D eigenvalue weighted by atomic mass is 10.2. The molecule has 7 nitrogen and oxygen atoms in total. The van der Waals surface area contributed by atoms with Gasteiger partial charge in [0.25, 0.3) is 5.91 Å². The molecule has 11 heteroatoms. The van der Waals surface area contributed by atoms with Crippen molar-refractivity contribution in [2.24, 2.45) is 0 Å². The highest BCUT2D eigenvalue weighted by atomic mass is 35.5. The fourth-order valence-corrected chi connectivity index (χ4v) is 2.43. The maximum absolute atomic E-state index is 12.3. The highest BCUT2D eigenvalue weighted by Crippen LogP contribution is 2.26. The molecule has 1 heterocycles. The number of hydrazine groups is 1. The Labute approximate surface area is 160 Å². The summed E-state index contributed by atoms with van der Waals surface area (Å²) >= 11 is 5.74. The summed E-state index contributed by atoms with van der Waals surface area (Å²) in [6.07, 6.45) is -4.81. The summed E-state index contributed by atoms with van der Waals surface area (Å²) in [6.45, 7) is 0. The van der Waals surface area contributed by atoms with Crippen LogP contribution in [-0.2, 0) is 0 Å². The minimum absolute atomic E-state index is 0.0333. The molecule has 0 saturated heterocycles. The SMILES string of the molecule is O=C(NNC(=O)c1cc2cc(OC(F)(F)F)ccc2[nH]1)Nc1ccc(Cl)cc1. The number of benzene rings is 2. The van der Waals surface area contributed by atoms with E-state index in [0.717, 1.165) is 12.1 Å². The van der Waals surface area contributed by atoms with Crippen molar-refractivity contribution in [2.45, 2.75) is 6.36 Å². The van der Waals surface area contributed by atoms with Crippen LogP contribution in [0.15, 0.2) is 48.5 Å². The maximum Gasteiger partial charge on any atom is 0.573 e. The number of urea groups is 1. The second-order valence-electron chi connectivity index (χ2n) is 5.52. The first-order valence-electron chi connectivity index (χ1n) is 7.71. The fourth-order valence-electron chi connectivity index (χ4n) is 2.31. The molecule has 0 atom stereocenters. The third-order valence-electron chi connectivity index (χ3n) is 3.46. The number of H-pyrrole nitrogens is 1. The van der Waals surface area contributed by atoms with Crippen molar-refractivity contribution in [2.75, 3.05) is 5.32 Å². The van der Waals surface area contributed by atoms with E-state index in [4.69, 9.17) is 11.6 Å². The molecule has 3 amide bonds. The van der Waals surface area contributed by atoms with Crippen molar-refractivity contribution in [3.05, 3.63) is 59.2 Å². The summed E-state index contributed by atoms with van der Waals surface area (Å²) in [5, 5.41) is 3.31. The molecule has 4 N–H and O–H groups in total. The second-order valence-corrected chi connectivity index (χ2v) is 5.96. The number of hydrogen-bond donors (Lipinski definition) is 4. The monoisotopic (exact) mass is 412 g/mol. The first-order valence-corrected chi connectivity index (χ1v) is 8.09. The number of fused-ring (bicyclic) bond motifs is 1. The first kappa shape index (κ1) is 19.4. The van der Waals surface area contributed by atoms with Crippen LogP contribution in [0.4, 0.5) is 23.7 Å². The van der Waals surface area contributed by atoms with Gasteiger partial charge in [0.15, 0.2) is 0 Å². The van der Waals surface area contributed by atoms with E-state index in [1.54, 1.807) is 24.3 Å². The number of rotatable bonds is 3. The minimum Gasteiger partial charge on any atom is -0.406 e. The Morgan fingerprint density at radius 1 is 1.00 bits per heavy atom. The molecular weight excluding hydrogens is 401 g/mol. The van der Waals surface area contributed by atoms with Crippen LogP contribution in [0.3, 0.4) is 0 Å². The second kappa shape index (κ2) is 7.69. The molecule has 0 saturated carbocycles. The van der Waals surface area contributed by atoms with Gasteiger partial charge in [-0.05, 0) is 48.5 Å². The van der Waals surface area contributed by atoms with Crippen molar-refractivity contribution < 1.29 is 27.5 Å². The van der Waals surface area contributed by atoms with Gasteiger partial charge in [0.1, 0.15) is 11.4 Å². The fraction of sp³-hybridized carbons (Fsp3) is 0.0588. The highest BCUT2D eigenvalue weighted by molar-refractivity contribution is 6.30. The van der Waals surface area contributed by atoms with Crippen molar-refractivity contribution in [3.8, 4) is 5.75 Å². The molecule has 1 aromatic heterocycles. The van der Waals surface area contributed by atoms with E-state index in [1.807, 2.05) is 0 Å². The third kappa shape index (κ3) is 5.07. The number of hydrogen-bond acceptors (Lipinski definition) is 3. The van der Waals surface area contributed by atoms with E-state index in [1.165, 1.54) is 12.1 Å². The number of nitrogens with one attached hydrogen (secondary N) is 4. The van der Waals surface area contributed by atoms with E-state index >= 15 is 0 Å². The Kier molecular flexibility index (Phi) is 5.32. The van der Waals surface area contributed by atoms with E-state index < -0.39 is 24.1 Å². The van der Waals surface area contributed by atoms with Crippen LogP contribution in [0, 0.1) is 0 Å². The molecule has 0 aliphatic carbocycles. The summed E-state index contributed by atoms with van der Waals surface area (Å²) in [6, 6.07) is 10.5. The molecule has 0 bridgehead atoms. The van der Waals surface area contributed by atoms with Crippen molar-refractivity contribution >= 4 is 40.1 Å². The standard InChI is InChI=1S/C17H12ClF3N4O3/c18-10-1-3-11(4-2-10)22-16(27)25-24-15(26)14-8-9-7-12(28-17(19,20)21)5-6-13(9)23-14/h1-8,23H,(H,24,26)(H2,22,25,27). The molecule has 0 fully saturated rings. The van der Waals surface area contributed by atoms with Crippen LogP contribution in [0.5, 0.6) is 5.75 Å². The predicted octanol–water partition coefficient (Wildman–Crippen LogP) is 4.19. The number of carbonyl (C=O) groups is 2. The molecule has 0 spiro atoms. The van der Waals surface area contributed by atoms with Gasteiger partial charge in [-0.25, -0.2) is 10.2 Å². The largest absolute Gasteiger partial charge is 0.573 e. The number of halogens is 4. The molecule has 0 radical (unpaired) electrons. The van der Waals surface area contributed by atoms with Gasteiger partial charge in [0, 0.05) is 21.6 Å². The third-order valence-corrected chi connectivity index (χ3v) is 3.71. The highest BCUT2D eigenvalue weighted by Gasteiger charge is 2.31. The van der Waals surface area contributed by atoms with Crippen molar-refractivity contribution in [1.29, 1.82) is 0 Å². The van der Waals surface area contributed by atoms with E-state index in [2.05, 4.69) is 25.9 Å². The summed E-state index contributed by atoms with van der Waals surface area (Å²) in [7, 11) is 0. The van der Waals surface area contributed by atoms with Gasteiger partial charge in [-0.1, -0.05) is 11.6 Å². The number of carbonyl (C=O) groups excluding carboxylic acids is 2. The topological polar surface area (TPSA) is 95.2 Å². The van der Waals surface area contributed by atoms with Crippen LogP contribution >= 0.6 is 11.6 Å². The Hall–Kier alpha value is -3.40. The lowest BCUT2D eigenvalue weighted by Crippen LogP contribution is -2.44. The van der Waals surface area contributed by atoms with Gasteiger partial charge in [0.2, 0.25) is 0 Å². The zero-order valence-corrected chi connectivity index (χ0v) is 14.6. The van der Waals surface area contributed by atoms with Gasteiger partial charge in [-0.2, -0.15) is 0 Å². The van der Waals surface area contributed by atoms with Crippen LogP contribution in [0.2, 0.25) is 5.02 Å². The lowest BCUT2D eigenvalue weighted by Gasteiger charge is -2.08. The molecule has 3 rings (SSSR count). The smallest absolute Gasteiger partial charge is 0.406 e. The number of ether oxygens (including phenoxy) is 1. The minimum atomic E-state index is -4.81. The first-order chi connectivity index (χ1) is 13.2. The number of alkyl halides is 3. The normalized spacial score (nSPS) is 11.1. The number of aromatic amines is 1. The number of anilines is 1. The van der Waals surface area contributed by atoms with Crippen LogP contribution in [0.25, 0.3) is 10.9 Å². The van der Waals surface area contributed by atoms with Crippen LogP contribution < -0.4 is 20.9 Å². The predicted molar refractivity (Wildman–Crippen MR) is 96.1 cm³/mol. The van der Waals surface area contributed by atoms with E-state index in [-0.39, 0.29) is 5.69 Å². The average Bonchev–Trinajstić information content (AvgIpc) is 3.03. The Bertz CT molecular complexity index is 1020. The Balaban J connectivity index is 1.61. The van der Waals surface area contributed by atoms with Crippen molar-refractivity contribution in [3.63, 3.8) is 0 Å². The van der Waals surface area contributed by atoms with Crippen molar-refractivity contribution in [1.82, 2.24) is 15.8 Å². The zero-order chi connectivity index (χ0) is 20.3. The van der Waals surface area contributed by atoms with Gasteiger partial charge in [-0.15, -0.1) is 13.2 Å². The average molecular weight is 413 g/mol.